The maximum absolute atomic E-state index is 11.8. The molecule has 1 heterocycles. The second-order valence-electron chi connectivity index (χ2n) is 6.47. The Morgan fingerprint density at radius 1 is 1.14 bits per heavy atom. The van der Waals surface area contributed by atoms with Crippen molar-refractivity contribution in [3.8, 4) is 11.5 Å². The highest BCUT2D eigenvalue weighted by atomic mass is 32.2. The number of rotatable bonds is 8. The molecule has 0 saturated carbocycles. The van der Waals surface area contributed by atoms with E-state index < -0.39 is 0 Å². The lowest BCUT2D eigenvalue weighted by atomic mass is 9.98. The van der Waals surface area contributed by atoms with Crippen LogP contribution in [-0.2, 0) is 4.79 Å². The molecule has 1 aliphatic heterocycles. The first kappa shape index (κ1) is 20.4. The van der Waals surface area contributed by atoms with Gasteiger partial charge in [-0.25, -0.2) is 0 Å². The average molecular weight is 414 g/mol. The fraction of sp³-hybridized carbons (Fsp3) is 0.273. The number of para-hydroxylation sites is 1. The number of hydrogen-bond acceptors (Lipinski definition) is 5. The molecule has 1 aliphatic rings. The Bertz CT molecular complexity index is 895. The second kappa shape index (κ2) is 9.75. The first-order valence-corrected chi connectivity index (χ1v) is 10.5. The number of thioether (sulfide) groups is 1. The number of nitrogens with one attached hydrogen (secondary N) is 1. The van der Waals surface area contributed by atoms with Crippen molar-refractivity contribution in [3.63, 3.8) is 0 Å². The summed E-state index contributed by atoms with van der Waals surface area (Å²) in [4.78, 5) is 12.4. The van der Waals surface area contributed by atoms with Crippen LogP contribution in [0.3, 0.4) is 0 Å². The van der Waals surface area contributed by atoms with Gasteiger partial charge < -0.3 is 14.8 Å². The van der Waals surface area contributed by atoms with Crippen molar-refractivity contribution in [2.24, 2.45) is 0 Å². The zero-order chi connectivity index (χ0) is 19.9. The van der Waals surface area contributed by atoms with Crippen molar-refractivity contribution in [1.82, 2.24) is 5.32 Å². The molecular weight excluding hydrogens is 390 g/mol. The Labute approximate surface area is 175 Å². The van der Waals surface area contributed by atoms with Gasteiger partial charge >= 0.3 is 0 Å². The van der Waals surface area contributed by atoms with Gasteiger partial charge in [0.05, 0.1) is 4.91 Å². The third-order valence-corrected chi connectivity index (χ3v) is 5.63. The average Bonchev–Trinajstić information content (AvgIpc) is 3.02. The molecule has 2 aromatic rings. The third-order valence-electron chi connectivity index (χ3n) is 4.47. The SMILES string of the molecule is CC[C@@H](C)c1ccccc1OCCOc1cccc(/C=C2\SC(=S)NC2=O)c1. The summed E-state index contributed by atoms with van der Waals surface area (Å²) in [5.41, 5.74) is 2.12. The zero-order valence-corrected chi connectivity index (χ0v) is 17.6. The van der Waals surface area contributed by atoms with Gasteiger partial charge in [-0.3, -0.25) is 4.79 Å². The van der Waals surface area contributed by atoms with E-state index >= 15 is 0 Å². The summed E-state index contributed by atoms with van der Waals surface area (Å²) < 4.78 is 12.2. The van der Waals surface area contributed by atoms with E-state index in [1.165, 1.54) is 17.3 Å². The highest BCUT2D eigenvalue weighted by Crippen LogP contribution is 2.29. The van der Waals surface area contributed by atoms with E-state index in [2.05, 4.69) is 25.2 Å². The highest BCUT2D eigenvalue weighted by molar-refractivity contribution is 8.26. The van der Waals surface area contributed by atoms with Crippen molar-refractivity contribution in [2.75, 3.05) is 13.2 Å². The molecule has 0 bridgehead atoms. The van der Waals surface area contributed by atoms with E-state index in [9.17, 15) is 4.79 Å². The van der Waals surface area contributed by atoms with Crippen LogP contribution in [0.15, 0.2) is 53.4 Å². The molecule has 0 radical (unpaired) electrons. The van der Waals surface area contributed by atoms with E-state index in [1.807, 2.05) is 48.5 Å². The molecule has 28 heavy (non-hydrogen) atoms. The molecule has 0 unspecified atom stereocenters. The van der Waals surface area contributed by atoms with Gasteiger partial charge in [0, 0.05) is 0 Å². The normalized spacial score (nSPS) is 16.1. The lowest BCUT2D eigenvalue weighted by Crippen LogP contribution is -2.17. The predicted molar refractivity (Wildman–Crippen MR) is 119 cm³/mol. The minimum atomic E-state index is -0.158. The van der Waals surface area contributed by atoms with Crippen molar-refractivity contribution in [2.45, 2.75) is 26.2 Å². The lowest BCUT2D eigenvalue weighted by Gasteiger charge is -2.16. The minimum absolute atomic E-state index is 0.158. The number of carbonyl (C=O) groups is 1. The number of hydrogen-bond donors (Lipinski definition) is 1. The molecule has 4 nitrogen and oxygen atoms in total. The Morgan fingerprint density at radius 3 is 2.68 bits per heavy atom. The summed E-state index contributed by atoms with van der Waals surface area (Å²) in [6.45, 7) is 5.28. The van der Waals surface area contributed by atoms with Crippen LogP contribution in [-0.4, -0.2) is 23.4 Å². The van der Waals surface area contributed by atoms with Crippen LogP contribution in [0.5, 0.6) is 11.5 Å². The third kappa shape index (κ3) is 5.36. The standard InChI is InChI=1S/C22H23NO3S2/c1-3-15(2)18-9-4-5-10-19(18)26-12-11-25-17-8-6-7-16(13-17)14-20-21(24)23-22(27)28-20/h4-10,13-15H,3,11-12H2,1-2H3,(H,23,24,27)/b20-14-/t15-/m1/s1. The molecule has 0 aromatic heterocycles. The summed E-state index contributed by atoms with van der Waals surface area (Å²) in [6, 6.07) is 15.8. The summed E-state index contributed by atoms with van der Waals surface area (Å²) in [5.74, 6) is 1.95. The minimum Gasteiger partial charge on any atom is -0.490 e. The Morgan fingerprint density at radius 2 is 1.93 bits per heavy atom. The van der Waals surface area contributed by atoms with Gasteiger partial charge in [0.1, 0.15) is 29.0 Å². The number of carbonyl (C=O) groups excluding carboxylic acids is 1. The van der Waals surface area contributed by atoms with E-state index in [0.717, 1.165) is 23.5 Å². The van der Waals surface area contributed by atoms with Gasteiger partial charge in [-0.05, 0) is 47.7 Å². The van der Waals surface area contributed by atoms with Crippen molar-refractivity contribution in [1.29, 1.82) is 0 Å². The fourth-order valence-electron chi connectivity index (χ4n) is 2.82. The van der Waals surface area contributed by atoms with Crippen LogP contribution in [0.2, 0.25) is 0 Å². The molecule has 2 aromatic carbocycles. The van der Waals surface area contributed by atoms with Crippen LogP contribution >= 0.6 is 24.0 Å². The maximum Gasteiger partial charge on any atom is 0.263 e. The topological polar surface area (TPSA) is 47.6 Å². The summed E-state index contributed by atoms with van der Waals surface area (Å²) in [5, 5.41) is 2.62. The maximum atomic E-state index is 11.8. The molecule has 146 valence electrons. The molecule has 3 rings (SSSR count). The molecule has 1 N–H and O–H groups in total. The number of thiocarbonyl (C=S) groups is 1. The van der Waals surface area contributed by atoms with Gasteiger partial charge in [-0.1, -0.05) is 68.2 Å². The van der Waals surface area contributed by atoms with Gasteiger partial charge in [0.25, 0.3) is 5.91 Å². The number of benzene rings is 2. The highest BCUT2D eigenvalue weighted by Gasteiger charge is 2.21. The molecule has 0 spiro atoms. The Balaban J connectivity index is 1.56. The van der Waals surface area contributed by atoms with Crippen LogP contribution in [0.4, 0.5) is 0 Å². The monoisotopic (exact) mass is 413 g/mol. The van der Waals surface area contributed by atoms with Gasteiger partial charge in [0.15, 0.2) is 0 Å². The summed E-state index contributed by atoms with van der Waals surface area (Å²) >= 11 is 6.28. The van der Waals surface area contributed by atoms with Crippen molar-refractivity contribution in [3.05, 3.63) is 64.6 Å². The van der Waals surface area contributed by atoms with Crippen LogP contribution < -0.4 is 14.8 Å². The van der Waals surface area contributed by atoms with E-state index in [1.54, 1.807) is 0 Å². The number of amides is 1. The Hall–Kier alpha value is -2.31. The molecule has 1 atom stereocenters. The van der Waals surface area contributed by atoms with Crippen LogP contribution in [0.25, 0.3) is 6.08 Å². The molecular formula is C22H23NO3S2. The lowest BCUT2D eigenvalue weighted by molar-refractivity contribution is -0.115. The second-order valence-corrected chi connectivity index (χ2v) is 8.19. The predicted octanol–water partition coefficient (Wildman–Crippen LogP) is 5.15. The van der Waals surface area contributed by atoms with Crippen molar-refractivity contribution < 1.29 is 14.3 Å². The van der Waals surface area contributed by atoms with Gasteiger partial charge in [-0.2, -0.15) is 0 Å². The van der Waals surface area contributed by atoms with Gasteiger partial charge in [0.2, 0.25) is 0 Å². The van der Waals surface area contributed by atoms with Crippen molar-refractivity contribution >= 4 is 40.3 Å². The molecule has 1 amide bonds. The molecule has 1 saturated heterocycles. The number of ether oxygens (including phenoxy) is 2. The Kier molecular flexibility index (Phi) is 7.12. The smallest absolute Gasteiger partial charge is 0.263 e. The molecule has 1 fully saturated rings. The van der Waals surface area contributed by atoms with Crippen LogP contribution in [0, 0.1) is 0 Å². The van der Waals surface area contributed by atoms with E-state index in [-0.39, 0.29) is 5.91 Å². The summed E-state index contributed by atoms with van der Waals surface area (Å²) in [7, 11) is 0. The van der Waals surface area contributed by atoms with E-state index in [4.69, 9.17) is 21.7 Å². The zero-order valence-electron chi connectivity index (χ0n) is 15.9. The fourth-order valence-corrected chi connectivity index (χ4v) is 3.86. The largest absolute Gasteiger partial charge is 0.490 e. The quantitative estimate of drug-likeness (QED) is 0.369. The van der Waals surface area contributed by atoms with Crippen LogP contribution in [0.1, 0.15) is 37.3 Å². The molecule has 6 heteroatoms. The van der Waals surface area contributed by atoms with E-state index in [0.29, 0.717) is 28.4 Å². The molecule has 0 aliphatic carbocycles. The van der Waals surface area contributed by atoms with Gasteiger partial charge in [-0.15, -0.1) is 0 Å². The first-order chi connectivity index (χ1) is 13.6. The first-order valence-electron chi connectivity index (χ1n) is 9.26. The summed E-state index contributed by atoms with van der Waals surface area (Å²) in [6.07, 6.45) is 2.88.